The van der Waals surface area contributed by atoms with Gasteiger partial charge in [0, 0.05) is 18.5 Å². The standard InChI is InChI=1S/C16H22N2O2S/c1-12-7-8-21-15(12)10-17(3)11-16(19)18(4)9-14-6-5-13(2)20-14/h5-8H,9-11H2,1-4H3. The Morgan fingerprint density at radius 3 is 2.52 bits per heavy atom. The normalized spacial score (nSPS) is 11.1. The highest BCUT2D eigenvalue weighted by molar-refractivity contribution is 7.10. The molecular formula is C16H22N2O2S. The molecule has 0 bridgehead atoms. The van der Waals surface area contributed by atoms with E-state index in [0.29, 0.717) is 13.1 Å². The van der Waals surface area contributed by atoms with Gasteiger partial charge in [0.2, 0.25) is 5.91 Å². The van der Waals surface area contributed by atoms with Crippen molar-refractivity contribution in [1.82, 2.24) is 9.80 Å². The monoisotopic (exact) mass is 306 g/mol. The molecule has 2 rings (SSSR count). The molecule has 0 fully saturated rings. The quantitative estimate of drug-likeness (QED) is 0.823. The molecule has 0 unspecified atom stereocenters. The minimum atomic E-state index is 0.0979. The van der Waals surface area contributed by atoms with Crippen LogP contribution in [-0.2, 0) is 17.9 Å². The van der Waals surface area contributed by atoms with Gasteiger partial charge in [-0.3, -0.25) is 9.69 Å². The van der Waals surface area contributed by atoms with Crippen molar-refractivity contribution in [1.29, 1.82) is 0 Å². The highest BCUT2D eigenvalue weighted by Crippen LogP contribution is 2.17. The SMILES string of the molecule is Cc1ccc(CN(C)C(=O)CN(C)Cc2sccc2C)o1. The Labute approximate surface area is 130 Å². The number of aryl methyl sites for hydroxylation is 2. The number of carbonyl (C=O) groups is 1. The smallest absolute Gasteiger partial charge is 0.236 e. The van der Waals surface area contributed by atoms with Crippen LogP contribution in [0.1, 0.15) is 22.0 Å². The van der Waals surface area contributed by atoms with Crippen LogP contribution in [0.15, 0.2) is 28.0 Å². The largest absolute Gasteiger partial charge is 0.464 e. The van der Waals surface area contributed by atoms with Crippen LogP contribution in [0.3, 0.4) is 0 Å². The molecule has 0 atom stereocenters. The zero-order chi connectivity index (χ0) is 15.4. The van der Waals surface area contributed by atoms with E-state index >= 15 is 0 Å². The van der Waals surface area contributed by atoms with Crippen molar-refractivity contribution in [3.63, 3.8) is 0 Å². The molecule has 0 aromatic carbocycles. The van der Waals surface area contributed by atoms with Crippen molar-refractivity contribution >= 4 is 17.2 Å². The summed E-state index contributed by atoms with van der Waals surface area (Å²) in [6, 6.07) is 5.94. The molecule has 0 N–H and O–H groups in total. The Bertz CT molecular complexity index is 603. The molecule has 1 amide bonds. The molecule has 0 spiro atoms. The van der Waals surface area contributed by atoms with Crippen LogP contribution in [-0.4, -0.2) is 36.3 Å². The zero-order valence-electron chi connectivity index (χ0n) is 13.0. The number of hydrogen-bond donors (Lipinski definition) is 0. The van der Waals surface area contributed by atoms with Crippen molar-refractivity contribution < 1.29 is 9.21 Å². The fourth-order valence-electron chi connectivity index (χ4n) is 2.11. The molecule has 2 aromatic heterocycles. The summed E-state index contributed by atoms with van der Waals surface area (Å²) in [6.45, 7) is 5.74. The second-order valence-electron chi connectivity index (χ2n) is 5.46. The second kappa shape index (κ2) is 6.91. The predicted octanol–water partition coefficient (Wildman–Crippen LogP) is 3.05. The third-order valence-corrected chi connectivity index (χ3v) is 4.41. The molecule has 0 saturated heterocycles. The summed E-state index contributed by atoms with van der Waals surface area (Å²) in [4.78, 5) is 17.3. The maximum Gasteiger partial charge on any atom is 0.236 e. The molecular weight excluding hydrogens is 284 g/mol. The molecule has 4 nitrogen and oxygen atoms in total. The molecule has 0 radical (unpaired) electrons. The number of nitrogens with zero attached hydrogens (tertiary/aromatic N) is 2. The number of likely N-dealkylation sites (N-methyl/N-ethyl adjacent to an activating group) is 2. The van der Waals surface area contributed by atoms with Gasteiger partial charge in [-0.2, -0.15) is 0 Å². The van der Waals surface area contributed by atoms with E-state index < -0.39 is 0 Å². The number of amides is 1. The molecule has 0 aliphatic carbocycles. The lowest BCUT2D eigenvalue weighted by Crippen LogP contribution is -2.35. The average Bonchev–Trinajstić information content (AvgIpc) is 2.99. The van der Waals surface area contributed by atoms with Crippen LogP contribution >= 0.6 is 11.3 Å². The zero-order valence-corrected chi connectivity index (χ0v) is 13.9. The Morgan fingerprint density at radius 1 is 1.19 bits per heavy atom. The lowest BCUT2D eigenvalue weighted by molar-refractivity contribution is -0.131. The van der Waals surface area contributed by atoms with Gasteiger partial charge in [0.1, 0.15) is 11.5 Å². The first-order chi connectivity index (χ1) is 9.95. The lowest BCUT2D eigenvalue weighted by Gasteiger charge is -2.21. The second-order valence-corrected chi connectivity index (χ2v) is 6.46. The molecule has 0 aliphatic rings. The van der Waals surface area contributed by atoms with Crippen LogP contribution in [0, 0.1) is 13.8 Å². The van der Waals surface area contributed by atoms with Crippen molar-refractivity contribution in [2.45, 2.75) is 26.9 Å². The van der Waals surface area contributed by atoms with E-state index in [1.165, 1.54) is 10.4 Å². The average molecular weight is 306 g/mol. The molecule has 0 aliphatic heterocycles. The molecule has 21 heavy (non-hydrogen) atoms. The fourth-order valence-corrected chi connectivity index (χ4v) is 3.10. The van der Waals surface area contributed by atoms with E-state index in [-0.39, 0.29) is 5.91 Å². The van der Waals surface area contributed by atoms with Crippen molar-refractivity contribution in [2.75, 3.05) is 20.6 Å². The van der Waals surface area contributed by atoms with Gasteiger partial charge in [-0.05, 0) is 50.0 Å². The van der Waals surface area contributed by atoms with Crippen LogP contribution in [0.5, 0.6) is 0 Å². The summed E-state index contributed by atoms with van der Waals surface area (Å²) >= 11 is 1.74. The van der Waals surface area contributed by atoms with Gasteiger partial charge in [-0.15, -0.1) is 11.3 Å². The Morgan fingerprint density at radius 2 is 1.95 bits per heavy atom. The Kier molecular flexibility index (Phi) is 5.20. The van der Waals surface area contributed by atoms with E-state index in [1.54, 1.807) is 16.2 Å². The van der Waals surface area contributed by atoms with Gasteiger partial charge in [0.05, 0.1) is 13.1 Å². The Balaban J connectivity index is 1.84. The van der Waals surface area contributed by atoms with Gasteiger partial charge in [-0.1, -0.05) is 0 Å². The number of carbonyl (C=O) groups excluding carboxylic acids is 1. The number of furan rings is 1. The van der Waals surface area contributed by atoms with E-state index in [9.17, 15) is 4.79 Å². The summed E-state index contributed by atoms with van der Waals surface area (Å²) in [5.41, 5.74) is 1.29. The first kappa shape index (κ1) is 15.8. The summed E-state index contributed by atoms with van der Waals surface area (Å²) < 4.78 is 5.50. The fraction of sp³-hybridized carbons (Fsp3) is 0.438. The van der Waals surface area contributed by atoms with Gasteiger partial charge >= 0.3 is 0 Å². The summed E-state index contributed by atoms with van der Waals surface area (Å²) in [6.07, 6.45) is 0. The van der Waals surface area contributed by atoms with E-state index in [2.05, 4.69) is 18.4 Å². The first-order valence-electron chi connectivity index (χ1n) is 6.96. The molecule has 2 heterocycles. The van der Waals surface area contributed by atoms with E-state index in [4.69, 9.17) is 4.42 Å². The number of thiophene rings is 1. The Hall–Kier alpha value is -1.59. The van der Waals surface area contributed by atoms with E-state index in [0.717, 1.165) is 18.1 Å². The first-order valence-corrected chi connectivity index (χ1v) is 7.84. The number of hydrogen-bond acceptors (Lipinski definition) is 4. The van der Waals surface area contributed by atoms with Crippen molar-refractivity contribution in [3.8, 4) is 0 Å². The van der Waals surface area contributed by atoms with Crippen molar-refractivity contribution in [3.05, 3.63) is 45.5 Å². The summed E-state index contributed by atoms with van der Waals surface area (Å²) in [5, 5.41) is 2.09. The molecule has 2 aromatic rings. The third-order valence-electron chi connectivity index (χ3n) is 3.40. The molecule has 114 valence electrons. The van der Waals surface area contributed by atoms with Gasteiger partial charge in [-0.25, -0.2) is 0 Å². The van der Waals surface area contributed by atoms with Gasteiger partial charge in [0.25, 0.3) is 0 Å². The highest BCUT2D eigenvalue weighted by Gasteiger charge is 2.14. The van der Waals surface area contributed by atoms with Gasteiger partial charge < -0.3 is 9.32 Å². The number of rotatable bonds is 6. The predicted molar refractivity (Wildman–Crippen MR) is 85.3 cm³/mol. The molecule has 0 saturated carbocycles. The summed E-state index contributed by atoms with van der Waals surface area (Å²) in [5.74, 6) is 1.79. The van der Waals surface area contributed by atoms with Crippen LogP contribution in [0.4, 0.5) is 0 Å². The maximum atomic E-state index is 12.2. The van der Waals surface area contributed by atoms with Crippen molar-refractivity contribution in [2.24, 2.45) is 0 Å². The summed E-state index contributed by atoms with van der Waals surface area (Å²) in [7, 11) is 3.78. The van der Waals surface area contributed by atoms with Gasteiger partial charge in [0.15, 0.2) is 0 Å². The molecule has 5 heteroatoms. The minimum absolute atomic E-state index is 0.0979. The van der Waals surface area contributed by atoms with E-state index in [1.807, 2.05) is 38.1 Å². The minimum Gasteiger partial charge on any atom is -0.464 e. The lowest BCUT2D eigenvalue weighted by atomic mass is 10.3. The highest BCUT2D eigenvalue weighted by atomic mass is 32.1. The topological polar surface area (TPSA) is 36.7 Å². The maximum absolute atomic E-state index is 12.2. The van der Waals surface area contributed by atoms with Crippen LogP contribution in [0.25, 0.3) is 0 Å². The van der Waals surface area contributed by atoms with Crippen LogP contribution in [0.2, 0.25) is 0 Å². The third kappa shape index (κ3) is 4.44. The van der Waals surface area contributed by atoms with Crippen LogP contribution < -0.4 is 0 Å².